The van der Waals surface area contributed by atoms with E-state index in [4.69, 9.17) is 0 Å². The summed E-state index contributed by atoms with van der Waals surface area (Å²) in [6.07, 6.45) is 5.62. The van der Waals surface area contributed by atoms with Gasteiger partial charge in [-0.15, -0.1) is 0 Å². The van der Waals surface area contributed by atoms with Crippen LogP contribution in [0.2, 0.25) is 0 Å². The van der Waals surface area contributed by atoms with Crippen molar-refractivity contribution >= 4 is 15.7 Å². The van der Waals surface area contributed by atoms with Gasteiger partial charge in [0.1, 0.15) is 6.33 Å². The second kappa shape index (κ2) is 6.40. The molecule has 2 rings (SSSR count). The molecule has 0 aliphatic heterocycles. The van der Waals surface area contributed by atoms with E-state index in [1.165, 1.54) is 24.8 Å². The number of hydrogen-bond donors (Lipinski definition) is 2. The Balaban J connectivity index is 2.13. The van der Waals surface area contributed by atoms with Crippen LogP contribution in [0, 0.1) is 0 Å². The van der Waals surface area contributed by atoms with Gasteiger partial charge in [0.15, 0.2) is 5.03 Å². The smallest absolute Gasteiger partial charge is 0.279 e. The first kappa shape index (κ1) is 14.4. The minimum absolute atomic E-state index is 0.0402. The molecule has 2 aromatic rings. The molecular weight excluding hydrogens is 278 g/mol. The molecule has 0 unspecified atom stereocenters. The lowest BCUT2D eigenvalue weighted by atomic mass is 10.3. The van der Waals surface area contributed by atoms with E-state index in [0.717, 1.165) is 12.1 Å². The summed E-state index contributed by atoms with van der Waals surface area (Å²) in [7, 11) is -3.71. The molecular formula is C12H15N5O2S. The molecule has 106 valence electrons. The first-order valence-corrected chi connectivity index (χ1v) is 7.53. The van der Waals surface area contributed by atoms with E-state index in [0.29, 0.717) is 12.2 Å². The lowest BCUT2D eigenvalue weighted by molar-refractivity contribution is 0.597. The van der Waals surface area contributed by atoms with Crippen LogP contribution >= 0.6 is 0 Å². The van der Waals surface area contributed by atoms with E-state index >= 15 is 0 Å². The van der Waals surface area contributed by atoms with Gasteiger partial charge in [0, 0.05) is 12.7 Å². The summed E-state index contributed by atoms with van der Waals surface area (Å²) in [4.78, 5) is 11.5. The average molecular weight is 293 g/mol. The van der Waals surface area contributed by atoms with Crippen LogP contribution in [0.4, 0.5) is 5.69 Å². The number of nitrogens with one attached hydrogen (secondary N) is 2. The molecule has 2 N–H and O–H groups in total. The van der Waals surface area contributed by atoms with Crippen LogP contribution < -0.4 is 10.0 Å². The Morgan fingerprint density at radius 1 is 1.15 bits per heavy atom. The summed E-state index contributed by atoms with van der Waals surface area (Å²) >= 11 is 0. The fourth-order valence-electron chi connectivity index (χ4n) is 1.50. The number of anilines is 1. The van der Waals surface area contributed by atoms with Crippen molar-refractivity contribution in [3.63, 3.8) is 0 Å². The van der Waals surface area contributed by atoms with Crippen molar-refractivity contribution in [1.29, 1.82) is 0 Å². The number of aromatic nitrogens is 3. The third kappa shape index (κ3) is 3.72. The maximum Gasteiger partial charge on any atom is 0.279 e. The van der Waals surface area contributed by atoms with Gasteiger partial charge in [0.05, 0.1) is 18.1 Å². The predicted octanol–water partition coefficient (Wildman–Crippen LogP) is 0.782. The van der Waals surface area contributed by atoms with Crippen molar-refractivity contribution in [2.24, 2.45) is 0 Å². The van der Waals surface area contributed by atoms with E-state index < -0.39 is 10.0 Å². The number of pyridine rings is 1. The second-order valence-electron chi connectivity index (χ2n) is 4.02. The van der Waals surface area contributed by atoms with E-state index in [2.05, 4.69) is 25.0 Å². The summed E-state index contributed by atoms with van der Waals surface area (Å²) in [6.45, 7) is 3.50. The van der Waals surface area contributed by atoms with Crippen LogP contribution in [0.3, 0.4) is 0 Å². The Morgan fingerprint density at radius 2 is 1.90 bits per heavy atom. The molecule has 0 aliphatic carbocycles. The molecule has 20 heavy (non-hydrogen) atoms. The molecule has 2 heterocycles. The fourth-order valence-corrected chi connectivity index (χ4v) is 2.46. The van der Waals surface area contributed by atoms with Gasteiger partial charge in [0.2, 0.25) is 0 Å². The Kier molecular flexibility index (Phi) is 4.59. The summed E-state index contributed by atoms with van der Waals surface area (Å²) in [5.74, 6) is 0. The van der Waals surface area contributed by atoms with Gasteiger partial charge in [-0.1, -0.05) is 13.0 Å². The van der Waals surface area contributed by atoms with Crippen LogP contribution in [-0.4, -0.2) is 29.9 Å². The highest BCUT2D eigenvalue weighted by atomic mass is 32.2. The van der Waals surface area contributed by atoms with Crippen LogP contribution in [0.25, 0.3) is 0 Å². The van der Waals surface area contributed by atoms with E-state index in [1.54, 1.807) is 12.3 Å². The van der Waals surface area contributed by atoms with Gasteiger partial charge in [-0.3, -0.25) is 4.72 Å². The first-order chi connectivity index (χ1) is 9.62. The largest absolute Gasteiger partial charge is 0.313 e. The number of sulfonamides is 1. The molecule has 0 saturated carbocycles. The van der Waals surface area contributed by atoms with Crippen LogP contribution in [0.15, 0.2) is 42.1 Å². The van der Waals surface area contributed by atoms with E-state index in [-0.39, 0.29) is 5.03 Å². The lowest BCUT2D eigenvalue weighted by Gasteiger charge is -2.07. The third-order valence-electron chi connectivity index (χ3n) is 2.46. The van der Waals surface area contributed by atoms with Crippen molar-refractivity contribution in [3.8, 4) is 0 Å². The zero-order valence-electron chi connectivity index (χ0n) is 10.9. The van der Waals surface area contributed by atoms with Gasteiger partial charge in [-0.2, -0.15) is 8.42 Å². The predicted molar refractivity (Wildman–Crippen MR) is 74.5 cm³/mol. The Morgan fingerprint density at radius 3 is 2.50 bits per heavy atom. The molecule has 0 spiro atoms. The summed E-state index contributed by atoms with van der Waals surface area (Å²) in [5.41, 5.74) is 1.22. The normalized spacial score (nSPS) is 11.2. The molecule has 2 aromatic heterocycles. The van der Waals surface area contributed by atoms with Crippen LogP contribution in [-0.2, 0) is 16.6 Å². The van der Waals surface area contributed by atoms with Gasteiger partial charge in [-0.25, -0.2) is 15.0 Å². The Bertz CT molecular complexity index is 643. The average Bonchev–Trinajstić information content (AvgIpc) is 2.46. The molecule has 0 saturated heterocycles. The lowest BCUT2D eigenvalue weighted by Crippen LogP contribution is -2.16. The van der Waals surface area contributed by atoms with E-state index in [1.807, 2.05) is 6.92 Å². The highest BCUT2D eigenvalue weighted by Gasteiger charge is 2.15. The maximum absolute atomic E-state index is 12.1. The molecule has 0 amide bonds. The zero-order valence-corrected chi connectivity index (χ0v) is 11.8. The molecule has 0 atom stereocenters. The molecule has 8 heteroatoms. The van der Waals surface area contributed by atoms with Gasteiger partial charge >= 0.3 is 0 Å². The maximum atomic E-state index is 12.1. The molecule has 0 aromatic carbocycles. The van der Waals surface area contributed by atoms with Crippen molar-refractivity contribution in [3.05, 3.63) is 42.6 Å². The summed E-state index contributed by atoms with van der Waals surface area (Å²) in [6, 6.07) is 3.20. The molecule has 0 radical (unpaired) electrons. The van der Waals surface area contributed by atoms with Crippen molar-refractivity contribution in [2.45, 2.75) is 18.5 Å². The van der Waals surface area contributed by atoms with Crippen molar-refractivity contribution < 1.29 is 8.42 Å². The number of hydrogen-bond acceptors (Lipinski definition) is 6. The van der Waals surface area contributed by atoms with Crippen molar-refractivity contribution in [1.82, 2.24) is 20.3 Å². The Labute approximate surface area is 117 Å². The quantitative estimate of drug-likeness (QED) is 0.817. The fraction of sp³-hybridized carbons (Fsp3) is 0.250. The second-order valence-corrected chi connectivity index (χ2v) is 5.65. The number of rotatable bonds is 6. The topological polar surface area (TPSA) is 96.9 Å². The molecule has 0 aliphatic rings. The van der Waals surface area contributed by atoms with Crippen LogP contribution in [0.1, 0.15) is 12.5 Å². The van der Waals surface area contributed by atoms with Gasteiger partial charge in [0.25, 0.3) is 10.0 Å². The van der Waals surface area contributed by atoms with Gasteiger partial charge < -0.3 is 5.32 Å². The SMILES string of the molecule is CCNCc1ccc(S(=O)(=O)Nc2cncnc2)nc1. The first-order valence-electron chi connectivity index (χ1n) is 6.05. The van der Waals surface area contributed by atoms with Gasteiger partial charge in [-0.05, 0) is 18.2 Å². The molecule has 0 fully saturated rings. The number of nitrogens with zero attached hydrogens (tertiary/aromatic N) is 3. The minimum Gasteiger partial charge on any atom is -0.313 e. The molecule has 7 nitrogen and oxygen atoms in total. The van der Waals surface area contributed by atoms with Crippen LogP contribution in [0.5, 0.6) is 0 Å². The van der Waals surface area contributed by atoms with Crippen molar-refractivity contribution in [2.75, 3.05) is 11.3 Å². The summed E-state index contributed by atoms with van der Waals surface area (Å²) < 4.78 is 26.5. The third-order valence-corrected chi connectivity index (χ3v) is 3.76. The summed E-state index contributed by atoms with van der Waals surface area (Å²) in [5, 5.41) is 3.10. The monoisotopic (exact) mass is 293 g/mol. The minimum atomic E-state index is -3.71. The van der Waals surface area contributed by atoms with E-state index in [9.17, 15) is 8.42 Å². The standard InChI is InChI=1S/C12H15N5O2S/c1-2-13-5-10-3-4-12(16-6-10)20(18,19)17-11-7-14-9-15-8-11/h3-4,6-9,13,17H,2,5H2,1H3. The zero-order chi connectivity index (χ0) is 14.4. The highest BCUT2D eigenvalue weighted by molar-refractivity contribution is 7.92. The molecule has 0 bridgehead atoms. The Hall–Kier alpha value is -2.06. The highest BCUT2D eigenvalue weighted by Crippen LogP contribution is 2.12.